The Bertz CT molecular complexity index is 1050. The number of carbonyl (C=O) groups is 3. The highest BCUT2D eigenvalue weighted by Gasteiger charge is 2.24. The van der Waals surface area contributed by atoms with Crippen LogP contribution in [0.4, 0.5) is 20.6 Å². The van der Waals surface area contributed by atoms with Gasteiger partial charge >= 0.3 is 17.8 Å². The van der Waals surface area contributed by atoms with Crippen molar-refractivity contribution in [1.29, 1.82) is 5.26 Å². The van der Waals surface area contributed by atoms with Crippen LogP contribution in [0.3, 0.4) is 0 Å². The molecule has 3 N–H and O–H groups in total. The van der Waals surface area contributed by atoms with Gasteiger partial charge in [0.05, 0.1) is 11.3 Å². The summed E-state index contributed by atoms with van der Waals surface area (Å²) in [5.74, 6) is -1.97. The fraction of sp³-hybridized carbons (Fsp3) is 0.273. The molecule has 1 aliphatic rings. The van der Waals surface area contributed by atoms with Gasteiger partial charge in [0.1, 0.15) is 11.9 Å². The first-order valence-electron chi connectivity index (χ1n) is 9.96. The molecule has 0 atom stereocenters. The van der Waals surface area contributed by atoms with Crippen molar-refractivity contribution in [3.8, 4) is 6.07 Å². The maximum absolute atomic E-state index is 13.0. The van der Waals surface area contributed by atoms with Crippen LogP contribution in [0.5, 0.6) is 0 Å². The molecule has 10 heteroatoms. The lowest BCUT2D eigenvalue weighted by molar-refractivity contribution is -0.136. The van der Waals surface area contributed by atoms with E-state index in [-0.39, 0.29) is 29.0 Å². The average molecular weight is 458 g/mol. The zero-order valence-electron chi connectivity index (χ0n) is 17.0. The molecule has 2 aromatic carbocycles. The number of carbonyl (C=O) groups excluding carboxylic acids is 3. The number of benzene rings is 2. The van der Waals surface area contributed by atoms with E-state index in [1.165, 1.54) is 42.5 Å². The quantitative estimate of drug-likeness (QED) is 0.611. The molecule has 8 nitrogen and oxygen atoms in total. The van der Waals surface area contributed by atoms with Gasteiger partial charge in [0, 0.05) is 30.3 Å². The fourth-order valence-electron chi connectivity index (χ4n) is 3.29. The molecule has 166 valence electrons. The molecule has 0 unspecified atom stereocenters. The molecule has 0 bridgehead atoms. The third-order valence-electron chi connectivity index (χ3n) is 5.11. The Morgan fingerprint density at radius 1 is 1.06 bits per heavy atom. The number of anilines is 2. The van der Waals surface area contributed by atoms with E-state index in [4.69, 9.17) is 16.9 Å². The zero-order valence-corrected chi connectivity index (χ0v) is 17.8. The smallest absolute Gasteiger partial charge is 0.321 e. The minimum atomic E-state index is -0.889. The maximum atomic E-state index is 13.0. The largest absolute Gasteiger partial charge is 0.348 e. The van der Waals surface area contributed by atoms with Crippen molar-refractivity contribution in [1.82, 2.24) is 10.2 Å². The highest BCUT2D eigenvalue weighted by atomic mass is 35.5. The zero-order chi connectivity index (χ0) is 23.1. The number of nitrogens with zero attached hydrogens (tertiary/aromatic N) is 2. The molecule has 0 aromatic heterocycles. The number of urea groups is 1. The number of hydrogen-bond acceptors (Lipinski definition) is 4. The normalized spacial score (nSPS) is 13.7. The molecule has 1 fully saturated rings. The van der Waals surface area contributed by atoms with Crippen molar-refractivity contribution in [2.24, 2.45) is 5.92 Å². The topological polar surface area (TPSA) is 114 Å². The Kier molecular flexibility index (Phi) is 7.63. The third kappa shape index (κ3) is 6.18. The summed E-state index contributed by atoms with van der Waals surface area (Å²) in [6.07, 6.45) is 1.32. The summed E-state index contributed by atoms with van der Waals surface area (Å²) in [6.45, 7) is 1.28. The van der Waals surface area contributed by atoms with Gasteiger partial charge < -0.3 is 20.9 Å². The monoisotopic (exact) mass is 457 g/mol. The second-order valence-electron chi connectivity index (χ2n) is 7.33. The van der Waals surface area contributed by atoms with Gasteiger partial charge in [-0.15, -0.1) is 0 Å². The summed E-state index contributed by atoms with van der Waals surface area (Å²) in [6, 6.07) is 11.5. The Morgan fingerprint density at radius 3 is 2.41 bits per heavy atom. The number of rotatable bonds is 4. The van der Waals surface area contributed by atoms with Crippen LogP contribution in [0.15, 0.2) is 42.5 Å². The molecule has 0 spiro atoms. The average Bonchev–Trinajstić information content (AvgIpc) is 2.79. The predicted octanol–water partition coefficient (Wildman–Crippen LogP) is 3.35. The van der Waals surface area contributed by atoms with Gasteiger partial charge in [0.25, 0.3) is 0 Å². The molecule has 3 rings (SSSR count). The van der Waals surface area contributed by atoms with Crippen LogP contribution in [0.25, 0.3) is 0 Å². The lowest BCUT2D eigenvalue weighted by Gasteiger charge is -2.32. The number of amides is 4. The van der Waals surface area contributed by atoms with Crippen LogP contribution in [0.2, 0.25) is 5.02 Å². The second kappa shape index (κ2) is 10.6. The maximum Gasteiger partial charge on any atom is 0.321 e. The van der Waals surface area contributed by atoms with Gasteiger partial charge in [-0.05, 0) is 61.2 Å². The lowest BCUT2D eigenvalue weighted by atomic mass is 9.97. The second-order valence-corrected chi connectivity index (χ2v) is 7.77. The molecule has 1 heterocycles. The van der Waals surface area contributed by atoms with Gasteiger partial charge in [-0.1, -0.05) is 11.6 Å². The van der Waals surface area contributed by atoms with Crippen molar-refractivity contribution >= 4 is 40.8 Å². The Morgan fingerprint density at radius 2 is 1.75 bits per heavy atom. The van der Waals surface area contributed by atoms with Crippen molar-refractivity contribution in [2.75, 3.05) is 30.3 Å². The summed E-state index contributed by atoms with van der Waals surface area (Å²) in [7, 11) is 0. The van der Waals surface area contributed by atoms with Crippen LogP contribution in [-0.2, 0) is 9.59 Å². The summed E-state index contributed by atoms with van der Waals surface area (Å²) in [4.78, 5) is 38.3. The molecule has 0 saturated carbocycles. The Labute approximate surface area is 189 Å². The van der Waals surface area contributed by atoms with E-state index in [1.807, 2.05) is 6.07 Å². The van der Waals surface area contributed by atoms with E-state index in [1.54, 1.807) is 4.90 Å². The van der Waals surface area contributed by atoms with Crippen molar-refractivity contribution in [2.45, 2.75) is 12.8 Å². The van der Waals surface area contributed by atoms with Crippen LogP contribution >= 0.6 is 11.6 Å². The lowest BCUT2D eigenvalue weighted by Crippen LogP contribution is -2.44. The minimum absolute atomic E-state index is 0.113. The number of halogens is 2. The summed E-state index contributed by atoms with van der Waals surface area (Å²) in [5, 5.41) is 17.1. The van der Waals surface area contributed by atoms with Gasteiger partial charge in [0.2, 0.25) is 0 Å². The number of likely N-dealkylation sites (tertiary alicyclic amines) is 1. The van der Waals surface area contributed by atoms with E-state index in [2.05, 4.69) is 16.0 Å². The molecular weight excluding hydrogens is 437 g/mol. The fourth-order valence-corrected chi connectivity index (χ4v) is 3.46. The van der Waals surface area contributed by atoms with E-state index in [0.29, 0.717) is 43.2 Å². The molecule has 1 saturated heterocycles. The van der Waals surface area contributed by atoms with Crippen molar-refractivity contribution in [3.05, 3.63) is 58.9 Å². The first-order valence-corrected chi connectivity index (χ1v) is 10.3. The van der Waals surface area contributed by atoms with Crippen molar-refractivity contribution < 1.29 is 18.8 Å². The van der Waals surface area contributed by atoms with E-state index < -0.39 is 11.8 Å². The highest BCUT2D eigenvalue weighted by Crippen LogP contribution is 2.21. The molecule has 32 heavy (non-hydrogen) atoms. The predicted molar refractivity (Wildman–Crippen MR) is 118 cm³/mol. The molecule has 0 radical (unpaired) electrons. The van der Waals surface area contributed by atoms with E-state index in [9.17, 15) is 18.8 Å². The minimum Gasteiger partial charge on any atom is -0.348 e. The number of hydrogen-bond donors (Lipinski definition) is 3. The summed E-state index contributed by atoms with van der Waals surface area (Å²) in [5.41, 5.74) is 0.874. The van der Waals surface area contributed by atoms with Crippen LogP contribution in [0, 0.1) is 23.1 Å². The van der Waals surface area contributed by atoms with Crippen LogP contribution in [0.1, 0.15) is 18.4 Å². The first-order chi connectivity index (χ1) is 15.4. The number of nitrogens with one attached hydrogen (secondary N) is 3. The molecule has 0 aliphatic carbocycles. The van der Waals surface area contributed by atoms with Gasteiger partial charge in [-0.25, -0.2) is 9.18 Å². The standard InChI is InChI=1S/C22H21ClFN5O3/c23-16-2-1-15(12-25)19(11-16)28-21(31)20(30)26-13-14-7-9-29(10-8-14)22(32)27-18-5-3-17(24)4-6-18/h1-6,11,14H,7-10,13H2,(H,26,30)(H,27,32)(H,28,31). The van der Waals surface area contributed by atoms with E-state index >= 15 is 0 Å². The van der Waals surface area contributed by atoms with Crippen LogP contribution in [-0.4, -0.2) is 42.4 Å². The first kappa shape index (κ1) is 23.0. The molecule has 1 aliphatic heterocycles. The molecule has 2 aromatic rings. The highest BCUT2D eigenvalue weighted by molar-refractivity contribution is 6.40. The molecular formula is C22H21ClFN5O3. The Hall–Kier alpha value is -3.64. The number of nitriles is 1. The van der Waals surface area contributed by atoms with Gasteiger partial charge in [-0.3, -0.25) is 9.59 Å². The summed E-state index contributed by atoms with van der Waals surface area (Å²) >= 11 is 5.88. The van der Waals surface area contributed by atoms with Crippen LogP contribution < -0.4 is 16.0 Å². The third-order valence-corrected chi connectivity index (χ3v) is 5.34. The number of piperidine rings is 1. The van der Waals surface area contributed by atoms with Gasteiger partial charge in [0.15, 0.2) is 0 Å². The van der Waals surface area contributed by atoms with E-state index in [0.717, 1.165) is 0 Å². The molecule has 4 amide bonds. The van der Waals surface area contributed by atoms with Gasteiger partial charge in [-0.2, -0.15) is 5.26 Å². The summed E-state index contributed by atoms with van der Waals surface area (Å²) < 4.78 is 13.0. The SMILES string of the molecule is N#Cc1ccc(Cl)cc1NC(=O)C(=O)NCC1CCN(C(=O)Nc2ccc(F)cc2)CC1. The van der Waals surface area contributed by atoms with Crippen molar-refractivity contribution in [3.63, 3.8) is 0 Å². The Balaban J connectivity index is 1.42.